The first-order valence-corrected chi connectivity index (χ1v) is 10.6. The van der Waals surface area contributed by atoms with Gasteiger partial charge in [-0.15, -0.1) is 23.2 Å². The van der Waals surface area contributed by atoms with Crippen molar-refractivity contribution in [3.8, 4) is 0 Å². The molecule has 128 valence electrons. The molecule has 0 aromatic rings. The lowest BCUT2D eigenvalue weighted by Crippen LogP contribution is -2.16. The number of phosphoric ester groups is 1. The lowest BCUT2D eigenvalue weighted by atomic mass is 10.9. The van der Waals surface area contributed by atoms with Crippen molar-refractivity contribution in [1.82, 2.24) is 0 Å². The summed E-state index contributed by atoms with van der Waals surface area (Å²) in [6, 6.07) is 0. The zero-order valence-electron chi connectivity index (χ0n) is 12.3. The van der Waals surface area contributed by atoms with Gasteiger partial charge in [-0.3, -0.25) is 18.1 Å². The van der Waals surface area contributed by atoms with Gasteiger partial charge in [0.05, 0.1) is 26.4 Å². The molecule has 0 saturated heterocycles. The van der Waals surface area contributed by atoms with E-state index in [1.807, 2.05) is 0 Å². The van der Waals surface area contributed by atoms with Crippen molar-refractivity contribution in [2.24, 2.45) is 0 Å². The third-order valence-corrected chi connectivity index (χ3v) is 6.28. The summed E-state index contributed by atoms with van der Waals surface area (Å²) >= 11 is 11.0. The molecule has 0 aromatic heterocycles. The zero-order valence-corrected chi connectivity index (χ0v) is 15.6. The lowest BCUT2D eigenvalue weighted by molar-refractivity contribution is 0.0954. The maximum absolute atomic E-state index is 12.6. The molecule has 1 atom stereocenters. The highest BCUT2D eigenvalue weighted by atomic mass is 35.5. The van der Waals surface area contributed by atoms with Crippen LogP contribution in [-0.4, -0.2) is 44.0 Å². The molecule has 21 heavy (non-hydrogen) atoms. The molecule has 11 heteroatoms. The van der Waals surface area contributed by atoms with Crippen LogP contribution in [0.5, 0.6) is 0 Å². The Balaban J connectivity index is 4.95. The van der Waals surface area contributed by atoms with Crippen LogP contribution >= 0.6 is 38.6 Å². The summed E-state index contributed by atoms with van der Waals surface area (Å²) in [6.45, 7) is 4.86. The van der Waals surface area contributed by atoms with Gasteiger partial charge in [0.1, 0.15) is 0 Å². The van der Waals surface area contributed by atoms with Crippen LogP contribution in [0.1, 0.15) is 20.8 Å². The first-order chi connectivity index (χ1) is 9.87. The minimum atomic E-state index is -3.83. The van der Waals surface area contributed by atoms with Gasteiger partial charge in [0.15, 0.2) is 5.85 Å². The van der Waals surface area contributed by atoms with Crippen LogP contribution in [0.25, 0.3) is 0 Å². The summed E-state index contributed by atoms with van der Waals surface area (Å²) in [6.07, 6.45) is 0. The van der Waals surface area contributed by atoms with Gasteiger partial charge in [-0.1, -0.05) is 0 Å². The van der Waals surface area contributed by atoms with E-state index >= 15 is 0 Å². The Kier molecular flexibility index (Phi) is 11.8. The van der Waals surface area contributed by atoms with Gasteiger partial charge < -0.3 is 9.05 Å². The standard InChI is InChI=1S/C10H22Cl2O7P2/c1-4-15-21(14,16-5-2)19-10(3)20(13,17-8-6-11)18-9-7-12/h10H,4-9H2,1-3H3. The molecule has 0 amide bonds. The highest BCUT2D eigenvalue weighted by Gasteiger charge is 2.40. The van der Waals surface area contributed by atoms with Crippen LogP contribution in [0.2, 0.25) is 0 Å². The molecule has 0 spiro atoms. The van der Waals surface area contributed by atoms with E-state index in [2.05, 4.69) is 0 Å². The molecule has 0 aromatic carbocycles. The Morgan fingerprint density at radius 2 is 1.33 bits per heavy atom. The summed E-state index contributed by atoms with van der Waals surface area (Å²) in [7, 11) is -7.54. The second kappa shape index (κ2) is 11.4. The minimum absolute atomic E-state index is 0.0115. The summed E-state index contributed by atoms with van der Waals surface area (Å²) in [5, 5.41) is 0. The first kappa shape index (κ1) is 21.8. The van der Waals surface area contributed by atoms with Crippen LogP contribution < -0.4 is 0 Å². The number of halogens is 2. The van der Waals surface area contributed by atoms with Gasteiger partial charge in [0.25, 0.3) is 0 Å². The molecule has 1 unspecified atom stereocenters. The molecule has 0 aliphatic rings. The normalized spacial score (nSPS) is 14.3. The molecule has 0 radical (unpaired) electrons. The number of alkyl halides is 2. The Morgan fingerprint density at radius 3 is 1.67 bits per heavy atom. The van der Waals surface area contributed by atoms with E-state index in [0.717, 1.165) is 0 Å². The maximum Gasteiger partial charge on any atom is 0.475 e. The number of hydrogen-bond donors (Lipinski definition) is 0. The maximum atomic E-state index is 12.6. The van der Waals surface area contributed by atoms with Gasteiger partial charge in [-0.2, -0.15) is 0 Å². The van der Waals surface area contributed by atoms with Crippen molar-refractivity contribution in [3.05, 3.63) is 0 Å². The van der Waals surface area contributed by atoms with Crippen LogP contribution in [0, 0.1) is 0 Å². The highest BCUT2D eigenvalue weighted by molar-refractivity contribution is 7.55. The van der Waals surface area contributed by atoms with Gasteiger partial charge in [-0.05, 0) is 20.8 Å². The molecular formula is C10H22Cl2O7P2. The van der Waals surface area contributed by atoms with Crippen molar-refractivity contribution < 1.29 is 31.7 Å². The minimum Gasteiger partial charge on any atom is -0.306 e. The van der Waals surface area contributed by atoms with Gasteiger partial charge in [0.2, 0.25) is 0 Å². The van der Waals surface area contributed by atoms with Gasteiger partial charge in [0, 0.05) is 11.8 Å². The third kappa shape index (κ3) is 8.31. The molecule has 0 aliphatic heterocycles. The summed E-state index contributed by atoms with van der Waals surface area (Å²) in [5.41, 5.74) is 0. The van der Waals surface area contributed by atoms with E-state index in [9.17, 15) is 9.13 Å². The van der Waals surface area contributed by atoms with E-state index in [1.54, 1.807) is 13.8 Å². The third-order valence-electron chi connectivity index (χ3n) is 2.00. The molecule has 0 aliphatic carbocycles. The van der Waals surface area contributed by atoms with Gasteiger partial charge in [-0.25, -0.2) is 4.57 Å². The Morgan fingerprint density at radius 1 is 0.905 bits per heavy atom. The molecule has 0 heterocycles. The fraction of sp³-hybridized carbons (Fsp3) is 1.00. The summed E-state index contributed by atoms with van der Waals surface area (Å²) in [4.78, 5) is 0. The Bertz CT molecular complexity index is 347. The van der Waals surface area contributed by atoms with E-state index in [1.165, 1.54) is 6.92 Å². The number of hydrogen-bond acceptors (Lipinski definition) is 7. The molecule has 0 fully saturated rings. The van der Waals surface area contributed by atoms with Crippen LogP contribution in [0.15, 0.2) is 0 Å². The predicted octanol–water partition coefficient (Wildman–Crippen LogP) is 4.23. The summed E-state index contributed by atoms with van der Waals surface area (Å²) in [5.74, 6) is -0.918. The van der Waals surface area contributed by atoms with Crippen molar-refractivity contribution >= 4 is 38.6 Å². The quantitative estimate of drug-likeness (QED) is 0.346. The predicted molar refractivity (Wildman–Crippen MR) is 82.4 cm³/mol. The smallest absolute Gasteiger partial charge is 0.306 e. The average molecular weight is 387 g/mol. The summed E-state index contributed by atoms with van der Waals surface area (Å²) < 4.78 is 50.3. The van der Waals surface area contributed by atoms with E-state index in [-0.39, 0.29) is 38.2 Å². The lowest BCUT2D eigenvalue weighted by Gasteiger charge is -2.26. The van der Waals surface area contributed by atoms with Crippen molar-refractivity contribution in [1.29, 1.82) is 0 Å². The highest BCUT2D eigenvalue weighted by Crippen LogP contribution is 2.60. The number of phosphoric acid groups is 1. The first-order valence-electron chi connectivity index (χ1n) is 6.45. The Hall–Kier alpha value is 0.840. The van der Waals surface area contributed by atoms with Gasteiger partial charge >= 0.3 is 15.4 Å². The zero-order chi connectivity index (χ0) is 16.4. The molecule has 0 rings (SSSR count). The van der Waals surface area contributed by atoms with E-state index in [4.69, 9.17) is 45.8 Å². The van der Waals surface area contributed by atoms with E-state index < -0.39 is 21.3 Å². The SMILES string of the molecule is CCOP(=O)(OCC)OC(C)P(=O)(OCCCl)OCCCl. The van der Waals surface area contributed by atoms with E-state index in [0.29, 0.717) is 0 Å². The van der Waals surface area contributed by atoms with Crippen molar-refractivity contribution in [2.45, 2.75) is 26.6 Å². The van der Waals surface area contributed by atoms with Crippen LogP contribution in [0.3, 0.4) is 0 Å². The van der Waals surface area contributed by atoms with Crippen molar-refractivity contribution in [2.75, 3.05) is 38.2 Å². The average Bonchev–Trinajstić information content (AvgIpc) is 2.43. The molecule has 0 saturated carbocycles. The van der Waals surface area contributed by atoms with Crippen molar-refractivity contribution in [3.63, 3.8) is 0 Å². The molecule has 0 bridgehead atoms. The van der Waals surface area contributed by atoms with Crippen LogP contribution in [0.4, 0.5) is 0 Å². The fourth-order valence-corrected chi connectivity index (χ4v) is 4.80. The number of rotatable bonds is 13. The molecular weight excluding hydrogens is 365 g/mol. The second-order valence-corrected chi connectivity index (χ2v) is 8.27. The molecule has 0 N–H and O–H groups in total. The fourth-order valence-electron chi connectivity index (χ4n) is 1.23. The topological polar surface area (TPSA) is 80.3 Å². The second-order valence-electron chi connectivity index (χ2n) is 3.57. The van der Waals surface area contributed by atoms with Crippen LogP contribution in [-0.2, 0) is 31.7 Å². The Labute approximate surface area is 135 Å². The monoisotopic (exact) mass is 386 g/mol. The molecule has 7 nitrogen and oxygen atoms in total. The largest absolute Gasteiger partial charge is 0.475 e.